The predicted octanol–water partition coefficient (Wildman–Crippen LogP) is 1.35. The molecule has 2 nitrogen and oxygen atoms in total. The normalized spacial score (nSPS) is 49.7. The van der Waals surface area contributed by atoms with Gasteiger partial charge in [0.25, 0.3) is 0 Å². The number of hydrogen-bond donors (Lipinski definition) is 1. The highest BCUT2D eigenvalue weighted by Crippen LogP contribution is 2.43. The summed E-state index contributed by atoms with van der Waals surface area (Å²) in [6.07, 6.45) is 4.15. The molecule has 0 spiro atoms. The molecule has 12 heavy (non-hydrogen) atoms. The summed E-state index contributed by atoms with van der Waals surface area (Å²) in [4.78, 5) is 0. The van der Waals surface area contributed by atoms with E-state index in [0.717, 1.165) is 0 Å². The molecule has 0 aromatic heterocycles. The molecule has 0 aliphatic carbocycles. The Morgan fingerprint density at radius 3 is 2.67 bits per heavy atom. The topological polar surface area (TPSA) is 29.5 Å². The average molecular weight is 168 g/mol. The Hall–Kier alpha value is -0.340. The molecule has 2 heterocycles. The quantitative estimate of drug-likeness (QED) is 0.553. The van der Waals surface area contributed by atoms with Gasteiger partial charge in [0.1, 0.15) is 0 Å². The first-order valence-corrected chi connectivity index (χ1v) is 4.55. The van der Waals surface area contributed by atoms with Crippen molar-refractivity contribution in [2.24, 2.45) is 11.3 Å². The second-order valence-corrected chi connectivity index (χ2v) is 4.53. The number of aliphatic hydroxyl groups is 1. The zero-order chi connectivity index (χ0) is 8.93. The standard InChI is InChI=1S/C10H16O2/c1-6-7-4-5-8(12-7)10(2,3)9(6)11/h4-9,11H,1-3H3/t6-,7-,8+,9-/m1/s1. The highest BCUT2D eigenvalue weighted by molar-refractivity contribution is 5.15. The van der Waals surface area contributed by atoms with Crippen molar-refractivity contribution >= 4 is 0 Å². The van der Waals surface area contributed by atoms with Crippen molar-refractivity contribution in [1.82, 2.24) is 0 Å². The lowest BCUT2D eigenvalue weighted by molar-refractivity contribution is -0.160. The average Bonchev–Trinajstić information content (AvgIpc) is 2.46. The van der Waals surface area contributed by atoms with Crippen molar-refractivity contribution in [3.63, 3.8) is 0 Å². The molecule has 1 fully saturated rings. The molecule has 0 radical (unpaired) electrons. The molecule has 0 unspecified atom stereocenters. The lowest BCUT2D eigenvalue weighted by Crippen LogP contribution is -2.51. The molecule has 2 bridgehead atoms. The van der Waals surface area contributed by atoms with Gasteiger partial charge in [-0.15, -0.1) is 0 Å². The second-order valence-electron chi connectivity index (χ2n) is 4.53. The van der Waals surface area contributed by atoms with Crippen LogP contribution in [0.1, 0.15) is 20.8 Å². The van der Waals surface area contributed by atoms with Crippen LogP contribution in [-0.2, 0) is 4.74 Å². The van der Waals surface area contributed by atoms with Crippen LogP contribution >= 0.6 is 0 Å². The molecule has 0 aromatic carbocycles. The van der Waals surface area contributed by atoms with Crippen molar-refractivity contribution in [3.8, 4) is 0 Å². The fourth-order valence-corrected chi connectivity index (χ4v) is 2.22. The zero-order valence-electron chi connectivity index (χ0n) is 7.82. The SMILES string of the molecule is C[C@H]1[C@@H](O)C(C)(C)[C@@H]2C=C[C@H]1O2. The summed E-state index contributed by atoms with van der Waals surface area (Å²) in [6, 6.07) is 0. The Balaban J connectivity index is 2.32. The smallest absolute Gasteiger partial charge is 0.0840 e. The van der Waals surface area contributed by atoms with Crippen molar-refractivity contribution in [2.75, 3.05) is 0 Å². The Morgan fingerprint density at radius 2 is 2.00 bits per heavy atom. The van der Waals surface area contributed by atoms with Gasteiger partial charge in [-0.05, 0) is 0 Å². The molecular weight excluding hydrogens is 152 g/mol. The molecule has 0 amide bonds. The molecule has 4 atom stereocenters. The highest BCUT2D eigenvalue weighted by atomic mass is 16.5. The van der Waals surface area contributed by atoms with Gasteiger partial charge in [0.15, 0.2) is 0 Å². The van der Waals surface area contributed by atoms with Gasteiger partial charge in [0.2, 0.25) is 0 Å². The predicted molar refractivity (Wildman–Crippen MR) is 46.8 cm³/mol. The highest BCUT2D eigenvalue weighted by Gasteiger charge is 2.49. The first kappa shape index (κ1) is 8.27. The third-order valence-electron chi connectivity index (χ3n) is 3.29. The minimum atomic E-state index is -0.253. The van der Waals surface area contributed by atoms with Crippen LogP contribution in [0, 0.1) is 11.3 Å². The molecule has 2 rings (SSSR count). The van der Waals surface area contributed by atoms with Gasteiger partial charge in [-0.1, -0.05) is 32.9 Å². The second kappa shape index (κ2) is 2.33. The molecule has 2 aliphatic heterocycles. The minimum absolute atomic E-state index is 0.105. The molecule has 0 aromatic rings. The van der Waals surface area contributed by atoms with E-state index in [4.69, 9.17) is 4.74 Å². The minimum Gasteiger partial charge on any atom is -0.392 e. The van der Waals surface area contributed by atoms with Crippen LogP contribution in [0.3, 0.4) is 0 Å². The summed E-state index contributed by atoms with van der Waals surface area (Å²) in [5.41, 5.74) is -0.136. The summed E-state index contributed by atoms with van der Waals surface area (Å²) in [7, 11) is 0. The van der Waals surface area contributed by atoms with Crippen molar-refractivity contribution in [1.29, 1.82) is 0 Å². The van der Waals surface area contributed by atoms with Crippen LogP contribution in [0.25, 0.3) is 0 Å². The number of hydrogen-bond acceptors (Lipinski definition) is 2. The van der Waals surface area contributed by atoms with E-state index in [-0.39, 0.29) is 29.6 Å². The molecule has 68 valence electrons. The molecule has 1 N–H and O–H groups in total. The van der Waals surface area contributed by atoms with E-state index in [1.807, 2.05) is 6.92 Å². The lowest BCUT2D eigenvalue weighted by Gasteiger charge is -2.44. The van der Waals surface area contributed by atoms with E-state index < -0.39 is 0 Å². The van der Waals surface area contributed by atoms with Crippen molar-refractivity contribution in [2.45, 2.75) is 39.1 Å². The third-order valence-corrected chi connectivity index (χ3v) is 3.29. The van der Waals surface area contributed by atoms with E-state index in [9.17, 15) is 5.11 Å². The molecule has 1 saturated heterocycles. The summed E-state index contributed by atoms with van der Waals surface area (Å²) in [5.74, 6) is 0.218. The van der Waals surface area contributed by atoms with Gasteiger partial charge < -0.3 is 9.84 Å². The maximum Gasteiger partial charge on any atom is 0.0840 e. The van der Waals surface area contributed by atoms with Gasteiger partial charge in [-0.25, -0.2) is 0 Å². The summed E-state index contributed by atoms with van der Waals surface area (Å²) >= 11 is 0. The van der Waals surface area contributed by atoms with Crippen LogP contribution in [0.5, 0.6) is 0 Å². The monoisotopic (exact) mass is 168 g/mol. The fraction of sp³-hybridized carbons (Fsp3) is 0.800. The summed E-state index contributed by atoms with van der Waals surface area (Å²) < 4.78 is 5.72. The summed E-state index contributed by atoms with van der Waals surface area (Å²) in [6.45, 7) is 6.17. The van der Waals surface area contributed by atoms with Crippen LogP contribution < -0.4 is 0 Å². The Kier molecular flexibility index (Phi) is 1.61. The van der Waals surface area contributed by atoms with E-state index in [1.165, 1.54) is 0 Å². The van der Waals surface area contributed by atoms with Crippen molar-refractivity contribution in [3.05, 3.63) is 12.2 Å². The van der Waals surface area contributed by atoms with Crippen molar-refractivity contribution < 1.29 is 9.84 Å². The van der Waals surface area contributed by atoms with Crippen LogP contribution in [0.4, 0.5) is 0 Å². The van der Waals surface area contributed by atoms with Gasteiger partial charge in [0.05, 0.1) is 18.3 Å². The molecule has 2 aliphatic rings. The molecular formula is C10H16O2. The van der Waals surface area contributed by atoms with E-state index >= 15 is 0 Å². The van der Waals surface area contributed by atoms with Gasteiger partial charge in [-0.3, -0.25) is 0 Å². The molecule has 0 saturated carbocycles. The largest absolute Gasteiger partial charge is 0.392 e. The summed E-state index contributed by atoms with van der Waals surface area (Å²) in [5, 5.41) is 9.97. The number of aliphatic hydroxyl groups excluding tert-OH is 1. The maximum absolute atomic E-state index is 9.97. The number of ether oxygens (including phenoxy) is 1. The lowest BCUT2D eigenvalue weighted by atomic mass is 9.74. The zero-order valence-corrected chi connectivity index (χ0v) is 7.82. The van der Waals surface area contributed by atoms with Gasteiger partial charge in [-0.2, -0.15) is 0 Å². The van der Waals surface area contributed by atoms with Gasteiger partial charge >= 0.3 is 0 Å². The number of fused-ring (bicyclic) bond motifs is 2. The van der Waals surface area contributed by atoms with Crippen LogP contribution in [0.15, 0.2) is 12.2 Å². The first-order chi connectivity index (χ1) is 5.53. The van der Waals surface area contributed by atoms with E-state index in [0.29, 0.717) is 0 Å². The van der Waals surface area contributed by atoms with Crippen LogP contribution in [-0.4, -0.2) is 23.4 Å². The first-order valence-electron chi connectivity index (χ1n) is 4.55. The third kappa shape index (κ3) is 0.882. The van der Waals surface area contributed by atoms with E-state index in [2.05, 4.69) is 26.0 Å². The van der Waals surface area contributed by atoms with Crippen LogP contribution in [0.2, 0.25) is 0 Å². The Labute approximate surface area is 73.2 Å². The number of rotatable bonds is 0. The van der Waals surface area contributed by atoms with Gasteiger partial charge in [0, 0.05) is 11.3 Å². The Bertz CT molecular complexity index is 220. The Morgan fingerprint density at radius 1 is 1.33 bits per heavy atom. The van der Waals surface area contributed by atoms with E-state index in [1.54, 1.807) is 0 Å². The maximum atomic E-state index is 9.97. The molecule has 2 heteroatoms. The fourth-order valence-electron chi connectivity index (χ4n) is 2.22.